The second-order valence-corrected chi connectivity index (χ2v) is 3.86. The third-order valence-electron chi connectivity index (χ3n) is 2.58. The number of anilines is 1. The first-order valence-corrected chi connectivity index (χ1v) is 5.78. The molecule has 0 fully saturated rings. The minimum Gasteiger partial charge on any atom is -0.383 e. The van der Waals surface area contributed by atoms with Gasteiger partial charge in [0.15, 0.2) is 0 Å². The van der Waals surface area contributed by atoms with Crippen molar-refractivity contribution < 1.29 is 9.53 Å². The summed E-state index contributed by atoms with van der Waals surface area (Å²) in [5.41, 5.74) is 1.60. The molecule has 1 unspecified atom stereocenters. The Morgan fingerprint density at radius 1 is 1.47 bits per heavy atom. The summed E-state index contributed by atoms with van der Waals surface area (Å²) in [4.78, 5) is 11.5. The lowest BCUT2D eigenvalue weighted by Crippen LogP contribution is -2.24. The van der Waals surface area contributed by atoms with E-state index in [1.807, 2.05) is 18.2 Å². The molecular weight excluding hydrogens is 216 g/mol. The van der Waals surface area contributed by atoms with Gasteiger partial charge in [-0.3, -0.25) is 4.79 Å². The molecule has 0 heterocycles. The molecule has 1 aromatic rings. The average molecular weight is 236 g/mol. The van der Waals surface area contributed by atoms with Gasteiger partial charge >= 0.3 is 0 Å². The summed E-state index contributed by atoms with van der Waals surface area (Å²) in [6, 6.07) is 7.72. The molecule has 1 aromatic carbocycles. The molecule has 0 saturated carbocycles. The Labute approximate surface area is 102 Å². The van der Waals surface area contributed by atoms with E-state index >= 15 is 0 Å². The van der Waals surface area contributed by atoms with E-state index in [4.69, 9.17) is 4.74 Å². The van der Waals surface area contributed by atoms with Crippen molar-refractivity contribution in [2.75, 3.05) is 26.1 Å². The van der Waals surface area contributed by atoms with Crippen LogP contribution in [0.4, 0.5) is 5.69 Å². The highest BCUT2D eigenvalue weighted by Crippen LogP contribution is 2.13. The topological polar surface area (TPSA) is 50.4 Å². The maximum absolute atomic E-state index is 11.5. The first-order chi connectivity index (χ1) is 8.21. The summed E-state index contributed by atoms with van der Waals surface area (Å²) in [6.45, 7) is 2.75. The van der Waals surface area contributed by atoms with Gasteiger partial charge in [0.05, 0.1) is 6.61 Å². The summed E-state index contributed by atoms with van der Waals surface area (Å²) < 4.78 is 5.12. The van der Waals surface area contributed by atoms with Crippen molar-refractivity contribution >= 4 is 11.6 Å². The van der Waals surface area contributed by atoms with Crippen molar-refractivity contribution in [3.05, 3.63) is 29.8 Å². The zero-order chi connectivity index (χ0) is 12.7. The average Bonchev–Trinajstić information content (AvgIpc) is 2.37. The largest absolute Gasteiger partial charge is 0.383 e. The van der Waals surface area contributed by atoms with Gasteiger partial charge in [0, 0.05) is 31.5 Å². The van der Waals surface area contributed by atoms with Crippen molar-refractivity contribution in [3.8, 4) is 0 Å². The molecule has 0 saturated heterocycles. The van der Waals surface area contributed by atoms with Gasteiger partial charge in [-0.2, -0.15) is 0 Å². The van der Waals surface area contributed by atoms with E-state index in [0.29, 0.717) is 12.2 Å². The smallest absolute Gasteiger partial charge is 0.251 e. The molecule has 1 amide bonds. The number of methoxy groups -OCH3 is 1. The maximum atomic E-state index is 11.5. The first-order valence-electron chi connectivity index (χ1n) is 5.78. The number of ether oxygens (including phenoxy) is 1. The minimum absolute atomic E-state index is 0.0755. The van der Waals surface area contributed by atoms with Gasteiger partial charge in [-0.05, 0) is 24.6 Å². The van der Waals surface area contributed by atoms with Gasteiger partial charge in [-0.1, -0.05) is 13.0 Å². The number of benzene rings is 1. The van der Waals surface area contributed by atoms with Crippen LogP contribution in [0.5, 0.6) is 0 Å². The Bertz CT molecular complexity index is 366. The van der Waals surface area contributed by atoms with Crippen molar-refractivity contribution in [3.63, 3.8) is 0 Å². The second-order valence-electron chi connectivity index (χ2n) is 3.86. The molecule has 94 valence electrons. The molecule has 0 aliphatic rings. The van der Waals surface area contributed by atoms with Crippen LogP contribution < -0.4 is 10.6 Å². The molecule has 2 N–H and O–H groups in total. The summed E-state index contributed by atoms with van der Waals surface area (Å²) >= 11 is 0. The molecule has 0 aliphatic carbocycles. The molecule has 1 rings (SSSR count). The fraction of sp³-hybridized carbons (Fsp3) is 0.462. The molecule has 0 radical (unpaired) electrons. The number of hydrogen-bond donors (Lipinski definition) is 2. The van der Waals surface area contributed by atoms with Crippen molar-refractivity contribution in [1.82, 2.24) is 5.32 Å². The van der Waals surface area contributed by atoms with E-state index in [-0.39, 0.29) is 11.9 Å². The Hall–Kier alpha value is -1.55. The Morgan fingerprint density at radius 3 is 2.82 bits per heavy atom. The zero-order valence-corrected chi connectivity index (χ0v) is 10.6. The van der Waals surface area contributed by atoms with Gasteiger partial charge in [-0.15, -0.1) is 0 Å². The van der Waals surface area contributed by atoms with E-state index in [2.05, 4.69) is 17.6 Å². The van der Waals surface area contributed by atoms with Gasteiger partial charge in [0.1, 0.15) is 0 Å². The summed E-state index contributed by atoms with van der Waals surface area (Å²) in [5, 5.41) is 5.95. The Morgan fingerprint density at radius 2 is 2.24 bits per heavy atom. The highest BCUT2D eigenvalue weighted by molar-refractivity contribution is 5.94. The fourth-order valence-corrected chi connectivity index (χ4v) is 1.59. The highest BCUT2D eigenvalue weighted by atomic mass is 16.5. The normalized spacial score (nSPS) is 11.9. The van der Waals surface area contributed by atoms with Crippen molar-refractivity contribution in [2.45, 2.75) is 19.4 Å². The molecule has 0 aromatic heterocycles. The van der Waals surface area contributed by atoms with Gasteiger partial charge in [0.2, 0.25) is 0 Å². The van der Waals surface area contributed by atoms with E-state index < -0.39 is 0 Å². The monoisotopic (exact) mass is 236 g/mol. The summed E-state index contributed by atoms with van der Waals surface area (Å²) in [5.74, 6) is -0.0755. The third-order valence-corrected chi connectivity index (χ3v) is 2.58. The quantitative estimate of drug-likeness (QED) is 0.793. The lowest BCUT2D eigenvalue weighted by Gasteiger charge is -2.17. The van der Waals surface area contributed by atoms with E-state index in [1.165, 1.54) is 0 Å². The number of hydrogen-bond acceptors (Lipinski definition) is 3. The molecule has 4 nitrogen and oxygen atoms in total. The predicted molar refractivity (Wildman–Crippen MR) is 69.4 cm³/mol. The van der Waals surface area contributed by atoms with Crippen LogP contribution in [0.15, 0.2) is 24.3 Å². The first kappa shape index (κ1) is 13.5. The molecule has 4 heteroatoms. The molecule has 1 atom stereocenters. The second kappa shape index (κ2) is 6.91. The van der Waals surface area contributed by atoms with Crippen LogP contribution in [0, 0.1) is 0 Å². The van der Waals surface area contributed by atoms with Crippen LogP contribution in [0.2, 0.25) is 0 Å². The lowest BCUT2D eigenvalue weighted by molar-refractivity contribution is 0.0963. The predicted octanol–water partition coefficient (Wildman–Crippen LogP) is 1.88. The van der Waals surface area contributed by atoms with Crippen LogP contribution in [-0.4, -0.2) is 32.7 Å². The standard InChI is InChI=1S/C13H20N2O2/c1-4-11(9-17-3)15-12-7-5-6-10(8-12)13(16)14-2/h5-8,11,15H,4,9H2,1-3H3,(H,14,16). The van der Waals surface area contributed by atoms with Crippen LogP contribution >= 0.6 is 0 Å². The molecule has 0 spiro atoms. The third kappa shape index (κ3) is 4.07. The SMILES string of the molecule is CCC(COC)Nc1cccc(C(=O)NC)c1. The number of carbonyl (C=O) groups is 1. The van der Waals surface area contributed by atoms with Gasteiger partial charge < -0.3 is 15.4 Å². The van der Waals surface area contributed by atoms with Gasteiger partial charge in [0.25, 0.3) is 5.91 Å². The van der Waals surface area contributed by atoms with Crippen LogP contribution in [0.1, 0.15) is 23.7 Å². The zero-order valence-electron chi connectivity index (χ0n) is 10.6. The Balaban J connectivity index is 2.74. The van der Waals surface area contributed by atoms with Crippen LogP contribution in [0.3, 0.4) is 0 Å². The molecular formula is C13H20N2O2. The Kier molecular flexibility index (Phi) is 5.49. The molecule has 17 heavy (non-hydrogen) atoms. The lowest BCUT2D eigenvalue weighted by atomic mass is 10.1. The highest BCUT2D eigenvalue weighted by Gasteiger charge is 2.07. The van der Waals surface area contributed by atoms with Crippen LogP contribution in [-0.2, 0) is 4.74 Å². The molecule has 0 bridgehead atoms. The van der Waals surface area contributed by atoms with E-state index in [1.54, 1.807) is 20.2 Å². The van der Waals surface area contributed by atoms with E-state index in [0.717, 1.165) is 12.1 Å². The molecule has 0 aliphatic heterocycles. The van der Waals surface area contributed by atoms with E-state index in [9.17, 15) is 4.79 Å². The summed E-state index contributed by atoms with van der Waals surface area (Å²) in [7, 11) is 3.31. The van der Waals surface area contributed by atoms with Gasteiger partial charge in [-0.25, -0.2) is 0 Å². The number of amides is 1. The van der Waals surface area contributed by atoms with Crippen molar-refractivity contribution in [2.24, 2.45) is 0 Å². The number of carbonyl (C=O) groups excluding carboxylic acids is 1. The fourth-order valence-electron chi connectivity index (χ4n) is 1.59. The van der Waals surface area contributed by atoms with Crippen molar-refractivity contribution in [1.29, 1.82) is 0 Å². The maximum Gasteiger partial charge on any atom is 0.251 e. The number of nitrogens with one attached hydrogen (secondary N) is 2. The minimum atomic E-state index is -0.0755. The number of rotatable bonds is 6. The van der Waals surface area contributed by atoms with Crippen LogP contribution in [0.25, 0.3) is 0 Å². The summed E-state index contributed by atoms with van der Waals surface area (Å²) in [6.07, 6.45) is 0.970.